The quantitative estimate of drug-likeness (QED) is 0.807. The summed E-state index contributed by atoms with van der Waals surface area (Å²) in [7, 11) is 0. The summed E-state index contributed by atoms with van der Waals surface area (Å²) >= 11 is 5.75. The van der Waals surface area contributed by atoms with E-state index in [2.05, 4.69) is 5.92 Å². The summed E-state index contributed by atoms with van der Waals surface area (Å²) in [4.78, 5) is 12.0. The molecule has 114 valence electrons. The van der Waals surface area contributed by atoms with Crippen LogP contribution in [0.5, 0.6) is 5.75 Å². The normalized spacial score (nSPS) is 10.3. The van der Waals surface area contributed by atoms with Gasteiger partial charge in [-0.3, -0.25) is 4.79 Å². The second-order valence-corrected chi connectivity index (χ2v) is 4.78. The fraction of sp³-hybridized carbons (Fsp3) is 0.188. The van der Waals surface area contributed by atoms with Gasteiger partial charge in [-0.2, -0.15) is 0 Å². The monoisotopic (exact) mass is 323 g/mol. The summed E-state index contributed by atoms with van der Waals surface area (Å²) in [5.41, 5.74) is -0.716. The molecule has 22 heavy (non-hydrogen) atoms. The smallest absolute Gasteiger partial charge is 0.269 e. The van der Waals surface area contributed by atoms with Gasteiger partial charge in [-0.1, -0.05) is 17.5 Å². The number of terminal acetylenes is 1. The summed E-state index contributed by atoms with van der Waals surface area (Å²) in [5, 5.41) is -0.0135. The van der Waals surface area contributed by atoms with Gasteiger partial charge in [-0.15, -0.1) is 6.42 Å². The Bertz CT molecular complexity index is 786. The summed E-state index contributed by atoms with van der Waals surface area (Å²) in [6.07, 6.45) is 5.03. The zero-order valence-electron chi connectivity index (χ0n) is 11.7. The molecule has 1 aromatic carbocycles. The van der Waals surface area contributed by atoms with E-state index in [-0.39, 0.29) is 35.2 Å². The standard InChI is InChI=1S/C16H12ClF2NO2/c1-3-7-22-10-8-12(18)15(13(19)9-10)14-6-5-11(17)16(21)20(14)4-2/h1,5-6,8-9H,4,7H2,2H3. The number of rotatable bonds is 4. The lowest BCUT2D eigenvalue weighted by Crippen LogP contribution is -2.21. The van der Waals surface area contributed by atoms with Crippen LogP contribution in [0.1, 0.15) is 6.92 Å². The van der Waals surface area contributed by atoms with Crippen molar-refractivity contribution in [1.29, 1.82) is 0 Å². The van der Waals surface area contributed by atoms with Gasteiger partial charge in [0.25, 0.3) is 5.56 Å². The topological polar surface area (TPSA) is 31.2 Å². The first-order valence-electron chi connectivity index (χ1n) is 6.44. The highest BCUT2D eigenvalue weighted by atomic mass is 35.5. The molecular weight excluding hydrogens is 312 g/mol. The Hall–Kier alpha value is -2.32. The van der Waals surface area contributed by atoms with E-state index in [1.54, 1.807) is 6.92 Å². The molecule has 2 aromatic rings. The molecule has 0 spiro atoms. The third kappa shape index (κ3) is 2.97. The van der Waals surface area contributed by atoms with Crippen molar-refractivity contribution in [3.8, 4) is 29.4 Å². The van der Waals surface area contributed by atoms with Crippen LogP contribution in [0, 0.1) is 24.0 Å². The molecule has 0 amide bonds. The first-order valence-corrected chi connectivity index (χ1v) is 6.82. The highest BCUT2D eigenvalue weighted by molar-refractivity contribution is 6.30. The lowest BCUT2D eigenvalue weighted by atomic mass is 10.1. The molecule has 0 aliphatic rings. The summed E-state index contributed by atoms with van der Waals surface area (Å²) in [6, 6.07) is 4.76. The van der Waals surface area contributed by atoms with Crippen LogP contribution in [0.4, 0.5) is 8.78 Å². The molecule has 0 aliphatic carbocycles. The maximum atomic E-state index is 14.3. The highest BCUT2D eigenvalue weighted by Gasteiger charge is 2.18. The largest absolute Gasteiger partial charge is 0.481 e. The Balaban J connectivity index is 2.62. The molecule has 0 atom stereocenters. The van der Waals surface area contributed by atoms with E-state index in [1.165, 1.54) is 16.7 Å². The number of hydrogen-bond donors (Lipinski definition) is 0. The van der Waals surface area contributed by atoms with Crippen molar-refractivity contribution in [3.63, 3.8) is 0 Å². The number of aromatic nitrogens is 1. The fourth-order valence-corrected chi connectivity index (χ4v) is 2.25. The van der Waals surface area contributed by atoms with E-state index >= 15 is 0 Å². The average molecular weight is 324 g/mol. The summed E-state index contributed by atoms with van der Waals surface area (Å²) in [6.45, 7) is 1.81. The van der Waals surface area contributed by atoms with Gasteiger partial charge in [0, 0.05) is 18.7 Å². The van der Waals surface area contributed by atoms with E-state index in [0.29, 0.717) is 0 Å². The van der Waals surface area contributed by atoms with E-state index in [4.69, 9.17) is 22.8 Å². The van der Waals surface area contributed by atoms with E-state index < -0.39 is 17.2 Å². The number of ether oxygens (including phenoxy) is 1. The van der Waals surface area contributed by atoms with Crippen LogP contribution >= 0.6 is 11.6 Å². The average Bonchev–Trinajstić information content (AvgIpc) is 2.48. The molecule has 0 fully saturated rings. The second kappa shape index (κ2) is 6.63. The van der Waals surface area contributed by atoms with Crippen LogP contribution in [0.15, 0.2) is 29.1 Å². The van der Waals surface area contributed by atoms with Crippen molar-refractivity contribution in [1.82, 2.24) is 4.57 Å². The SMILES string of the molecule is C#CCOc1cc(F)c(-c2ccc(Cl)c(=O)n2CC)c(F)c1. The molecule has 0 N–H and O–H groups in total. The molecule has 6 heteroatoms. The van der Waals surface area contributed by atoms with Crippen LogP contribution in [-0.4, -0.2) is 11.2 Å². The molecule has 1 aromatic heterocycles. The Morgan fingerprint density at radius 3 is 2.50 bits per heavy atom. The van der Waals surface area contributed by atoms with Crippen LogP contribution in [0.25, 0.3) is 11.3 Å². The molecule has 0 unspecified atom stereocenters. The van der Waals surface area contributed by atoms with Crippen LogP contribution in [0.2, 0.25) is 5.02 Å². The lowest BCUT2D eigenvalue weighted by molar-refractivity contribution is 0.365. The van der Waals surface area contributed by atoms with E-state index in [1.807, 2.05) is 0 Å². The molecule has 0 saturated heterocycles. The van der Waals surface area contributed by atoms with Crippen molar-refractivity contribution < 1.29 is 13.5 Å². The first-order chi connectivity index (χ1) is 10.5. The van der Waals surface area contributed by atoms with E-state index in [9.17, 15) is 13.6 Å². The summed E-state index contributed by atoms with van der Waals surface area (Å²) in [5.74, 6) is 0.487. The van der Waals surface area contributed by atoms with Gasteiger partial charge in [0.05, 0.1) is 11.3 Å². The van der Waals surface area contributed by atoms with Gasteiger partial charge < -0.3 is 9.30 Å². The van der Waals surface area contributed by atoms with Crippen molar-refractivity contribution >= 4 is 11.6 Å². The van der Waals surface area contributed by atoms with Gasteiger partial charge in [0.15, 0.2) is 0 Å². The second-order valence-electron chi connectivity index (χ2n) is 4.37. The molecule has 2 rings (SSSR count). The predicted molar refractivity (Wildman–Crippen MR) is 81.1 cm³/mol. The third-order valence-corrected chi connectivity index (χ3v) is 3.33. The molecule has 0 radical (unpaired) electrons. The number of pyridine rings is 1. The number of benzene rings is 1. The maximum absolute atomic E-state index is 14.3. The zero-order valence-corrected chi connectivity index (χ0v) is 12.5. The highest BCUT2D eigenvalue weighted by Crippen LogP contribution is 2.29. The van der Waals surface area contributed by atoms with E-state index in [0.717, 1.165) is 12.1 Å². The molecule has 0 bridgehead atoms. The van der Waals surface area contributed by atoms with Gasteiger partial charge >= 0.3 is 0 Å². The Morgan fingerprint density at radius 1 is 1.32 bits per heavy atom. The fourth-order valence-electron chi connectivity index (χ4n) is 2.09. The van der Waals surface area contributed by atoms with Crippen LogP contribution in [0.3, 0.4) is 0 Å². The molecule has 1 heterocycles. The number of hydrogen-bond acceptors (Lipinski definition) is 2. The predicted octanol–water partition coefficient (Wildman–Crippen LogP) is 3.48. The first kappa shape index (κ1) is 16.1. The minimum atomic E-state index is -0.851. The van der Waals surface area contributed by atoms with Crippen LogP contribution in [-0.2, 0) is 6.54 Å². The van der Waals surface area contributed by atoms with Gasteiger partial charge in [0.1, 0.15) is 29.0 Å². The molecule has 3 nitrogen and oxygen atoms in total. The molecule has 0 saturated carbocycles. The minimum absolute atomic E-state index is 0.0135. The minimum Gasteiger partial charge on any atom is -0.481 e. The Morgan fingerprint density at radius 2 is 1.95 bits per heavy atom. The lowest BCUT2D eigenvalue weighted by Gasteiger charge is -2.14. The van der Waals surface area contributed by atoms with Crippen molar-refractivity contribution in [2.75, 3.05) is 6.61 Å². The summed E-state index contributed by atoms with van der Waals surface area (Å²) < 4.78 is 34.7. The van der Waals surface area contributed by atoms with Crippen molar-refractivity contribution in [2.24, 2.45) is 0 Å². The Kier molecular flexibility index (Phi) is 4.84. The Labute approximate surface area is 131 Å². The van der Waals surface area contributed by atoms with Crippen LogP contribution < -0.4 is 10.3 Å². The zero-order chi connectivity index (χ0) is 16.3. The maximum Gasteiger partial charge on any atom is 0.269 e. The van der Waals surface area contributed by atoms with Gasteiger partial charge in [-0.25, -0.2) is 8.78 Å². The van der Waals surface area contributed by atoms with Gasteiger partial charge in [0.2, 0.25) is 0 Å². The third-order valence-electron chi connectivity index (χ3n) is 3.04. The molecular formula is C16H12ClF2NO2. The van der Waals surface area contributed by atoms with Gasteiger partial charge in [-0.05, 0) is 19.1 Å². The number of halogens is 3. The molecule has 0 aliphatic heterocycles. The van der Waals surface area contributed by atoms with Crippen molar-refractivity contribution in [2.45, 2.75) is 13.5 Å². The number of nitrogens with zero attached hydrogens (tertiary/aromatic N) is 1. The van der Waals surface area contributed by atoms with Crippen molar-refractivity contribution in [3.05, 3.63) is 51.3 Å².